The molecule has 0 radical (unpaired) electrons. The van der Waals surface area contributed by atoms with Crippen LogP contribution in [0.1, 0.15) is 83.2 Å². The first-order valence-electron chi connectivity index (χ1n) is 21.7. The largest absolute Gasteiger partial charge is 0.870 e. The summed E-state index contributed by atoms with van der Waals surface area (Å²) in [5.41, 5.74) is 10.7. The van der Waals surface area contributed by atoms with E-state index in [4.69, 9.17) is 33.7 Å². The van der Waals surface area contributed by atoms with E-state index >= 15 is 0 Å². The van der Waals surface area contributed by atoms with Crippen molar-refractivity contribution >= 4 is 40.5 Å². The molecular weight excluding hydrogens is 1080 g/mol. The average Bonchev–Trinajstić information content (AvgIpc) is 3.57. The zero-order valence-electron chi connectivity index (χ0n) is 44.5. The Labute approximate surface area is 462 Å². The van der Waals surface area contributed by atoms with Crippen LogP contribution in [0.15, 0.2) is 126 Å². The number of carboxylic acid groups (broad SMARTS) is 3. The smallest absolute Gasteiger partial charge is 0.340 e. The zero-order chi connectivity index (χ0) is 47.9. The molecule has 5 aromatic rings. The SMILES string of the molecule is CC(=O)O.CC(=O)O.CCN([NH2+]C)c1ccc2c(c1)Oc1cc(C)ccc1C21OC(=O)c2ccccc21.CC[N+](CC)=c1ccc2c(-c3ccccc3C(=O)[O-])c3ccc(C)cc3oc-2c1.O.O.O.O.O.O.O.O.O.O.[OH-].[Zn]. The van der Waals surface area contributed by atoms with Crippen LogP contribution in [0.3, 0.4) is 0 Å². The Kier molecular flexibility index (Phi) is 39.4. The van der Waals surface area contributed by atoms with Gasteiger partial charge in [-0.1, -0.05) is 66.7 Å². The number of carboxylic acids is 3. The van der Waals surface area contributed by atoms with Gasteiger partial charge < -0.3 is 94.2 Å². The van der Waals surface area contributed by atoms with E-state index in [1.807, 2.05) is 123 Å². The predicted octanol–water partition coefficient (Wildman–Crippen LogP) is -1.06. The number of anilines is 1. The number of nitrogens with two attached hydrogens (primary N) is 1. The maximum atomic E-state index is 12.8. The van der Waals surface area contributed by atoms with Crippen molar-refractivity contribution in [3.63, 3.8) is 0 Å². The van der Waals surface area contributed by atoms with Crippen LogP contribution in [0.25, 0.3) is 33.4 Å². The van der Waals surface area contributed by atoms with Gasteiger partial charge in [-0.25, -0.2) is 19.8 Å². The fraction of sp³-hybridized carbons (Fsp3) is 0.226. The first-order chi connectivity index (χ1) is 31.6. The second kappa shape index (κ2) is 36.4. The molecule has 1 spiro atoms. The van der Waals surface area contributed by atoms with Gasteiger partial charge in [-0.3, -0.25) is 9.59 Å². The molecule has 5 aromatic carbocycles. The Bertz CT molecular complexity index is 3010. The molecule has 0 aromatic heterocycles. The first kappa shape index (κ1) is 84.4. The van der Waals surface area contributed by atoms with E-state index in [2.05, 4.69) is 42.5 Å². The molecule has 3 heterocycles. The molecule has 1 unspecified atom stereocenters. The molecule has 430 valence electrons. The molecule has 3 aliphatic heterocycles. The Morgan fingerprint density at radius 3 is 1.68 bits per heavy atom. The fourth-order valence-corrected chi connectivity index (χ4v) is 8.41. The summed E-state index contributed by atoms with van der Waals surface area (Å²) >= 11 is 0. The Morgan fingerprint density at radius 2 is 1.14 bits per heavy atom. The Hall–Kier alpha value is -7.59. The summed E-state index contributed by atoms with van der Waals surface area (Å²) in [6, 6.07) is 38.9. The normalized spacial score (nSPS) is 11.7. The molecule has 4 aliphatic rings. The first-order valence-corrected chi connectivity index (χ1v) is 21.7. The van der Waals surface area contributed by atoms with E-state index in [0.29, 0.717) is 16.9 Å². The van der Waals surface area contributed by atoms with Crippen molar-refractivity contribution in [2.24, 2.45) is 0 Å². The van der Waals surface area contributed by atoms with E-state index in [1.54, 1.807) is 12.1 Å². The van der Waals surface area contributed by atoms with E-state index < -0.39 is 23.5 Å². The third-order valence-electron chi connectivity index (χ3n) is 11.2. The van der Waals surface area contributed by atoms with Gasteiger partial charge in [0.2, 0.25) is 5.36 Å². The second-order valence-corrected chi connectivity index (χ2v) is 15.6. The molecule has 25 N–H and O–H groups in total. The van der Waals surface area contributed by atoms with E-state index in [9.17, 15) is 14.7 Å². The molecule has 1 aliphatic carbocycles. The van der Waals surface area contributed by atoms with Crippen LogP contribution >= 0.6 is 0 Å². The molecule has 24 nitrogen and oxygen atoms in total. The molecule has 9 rings (SSSR count). The van der Waals surface area contributed by atoms with Gasteiger partial charge in [0.1, 0.15) is 35.9 Å². The number of ether oxygens (including phenoxy) is 2. The number of carbonyl (C=O) groups excluding carboxylic acids is 2. The summed E-state index contributed by atoms with van der Waals surface area (Å²) in [7, 11) is 2.01. The number of aryl methyl sites for hydroxylation is 2. The number of esters is 1. The minimum atomic E-state index is -1.19. The van der Waals surface area contributed by atoms with Crippen molar-refractivity contribution in [3.05, 3.63) is 166 Å². The molecule has 25 heteroatoms. The van der Waals surface area contributed by atoms with Crippen LogP contribution in [0.4, 0.5) is 5.69 Å². The number of benzene rings is 6. The predicted molar refractivity (Wildman–Crippen MR) is 289 cm³/mol. The quantitative estimate of drug-likeness (QED) is 0.0430. The molecular formula is C53H75N3O21Zn. The van der Waals surface area contributed by atoms with Crippen LogP contribution in [0.2, 0.25) is 0 Å². The number of carbonyl (C=O) groups is 4. The van der Waals surface area contributed by atoms with Gasteiger partial charge in [-0.2, -0.15) is 0 Å². The summed E-state index contributed by atoms with van der Waals surface area (Å²) in [5, 5.41) is 30.7. The van der Waals surface area contributed by atoms with E-state index in [-0.39, 0.29) is 91.2 Å². The third kappa shape index (κ3) is 17.5. The van der Waals surface area contributed by atoms with Gasteiger partial charge in [-0.05, 0) is 87.7 Å². The van der Waals surface area contributed by atoms with E-state index in [1.165, 1.54) is 0 Å². The number of fused-ring (bicyclic) bond motifs is 8. The van der Waals surface area contributed by atoms with Crippen LogP contribution in [0.5, 0.6) is 11.5 Å². The minimum Gasteiger partial charge on any atom is -0.870 e. The van der Waals surface area contributed by atoms with Gasteiger partial charge >= 0.3 is 5.97 Å². The van der Waals surface area contributed by atoms with Crippen LogP contribution in [0, 0.1) is 13.8 Å². The monoisotopic (exact) mass is 1150 g/mol. The average molecular weight is 1160 g/mol. The van der Waals surface area contributed by atoms with Crippen molar-refractivity contribution in [1.82, 2.24) is 4.58 Å². The second-order valence-electron chi connectivity index (χ2n) is 15.6. The summed E-state index contributed by atoms with van der Waals surface area (Å²) in [4.78, 5) is 42.6. The standard InChI is InChI=1S/C25H23NO3.C24H22N2O3.2C2H4O2.11H2O.Zn/c1-4-26(5-2)17-11-13-21-23(15-17)29-22-14-16(3)10-12-20(22)24(21)18-8-6-7-9-19(18)25(27)28;1-4-26(25-3)16-10-12-20-22(14-16)28-21-13-15(2)9-11-19(21)24(20)18-8-6-5-7-17(18)23(27)29-24;2*1-2(3)4;;;;;;;;;;;;/h6-15H,4-5H2,1-3H3;5-14,25H,4H2,1-3H3;2*1H3,(H,3,4);11*1H2;. The Balaban J connectivity index is -0.000000200. The Morgan fingerprint density at radius 1 is 0.641 bits per heavy atom. The summed E-state index contributed by atoms with van der Waals surface area (Å²) in [6.07, 6.45) is 0. The number of aliphatic carboxylic acids is 2. The number of hydrogen-bond donors (Lipinski definition) is 3. The van der Waals surface area contributed by atoms with Crippen molar-refractivity contribution in [3.8, 4) is 33.9 Å². The number of rotatable bonds is 7. The fourth-order valence-electron chi connectivity index (χ4n) is 8.41. The maximum Gasteiger partial charge on any atom is 0.340 e. The van der Waals surface area contributed by atoms with Crippen LogP contribution < -0.4 is 30.2 Å². The molecule has 1 atom stereocenters. The van der Waals surface area contributed by atoms with Gasteiger partial charge in [0, 0.05) is 84.2 Å². The molecule has 0 amide bonds. The molecule has 0 saturated heterocycles. The number of quaternary nitrogens is 1. The topological polar surface area (TPSA) is 531 Å². The maximum absolute atomic E-state index is 12.8. The zero-order valence-corrected chi connectivity index (χ0v) is 47.4. The van der Waals surface area contributed by atoms with Crippen LogP contribution in [-0.2, 0) is 39.4 Å². The summed E-state index contributed by atoms with van der Waals surface area (Å²) in [6.45, 7) is 15.2. The van der Waals surface area contributed by atoms with Gasteiger partial charge in [0.05, 0.1) is 36.9 Å². The summed E-state index contributed by atoms with van der Waals surface area (Å²) in [5.74, 6) is -0.987. The van der Waals surface area contributed by atoms with E-state index in [0.717, 1.165) is 106 Å². The van der Waals surface area contributed by atoms with Crippen molar-refractivity contribution in [2.75, 3.05) is 31.7 Å². The van der Waals surface area contributed by atoms with Crippen molar-refractivity contribution in [2.45, 2.75) is 54.1 Å². The minimum absolute atomic E-state index is 0. The van der Waals surface area contributed by atoms with Gasteiger partial charge in [0.25, 0.3) is 11.9 Å². The van der Waals surface area contributed by atoms with Crippen LogP contribution in [-0.4, -0.2) is 121 Å². The number of hydrogen-bond acceptors (Lipinski definition) is 10. The van der Waals surface area contributed by atoms with Crippen molar-refractivity contribution < 1.29 is 134 Å². The number of nitrogens with zero attached hydrogens (tertiary/aromatic N) is 2. The number of aromatic carboxylic acids is 1. The molecule has 0 fully saturated rings. The third-order valence-corrected chi connectivity index (χ3v) is 11.2. The molecule has 0 bridgehead atoms. The van der Waals surface area contributed by atoms with Gasteiger partial charge in [0.15, 0.2) is 5.60 Å². The summed E-state index contributed by atoms with van der Waals surface area (Å²) < 4.78 is 21.0. The molecule has 78 heavy (non-hydrogen) atoms. The van der Waals surface area contributed by atoms with Crippen molar-refractivity contribution in [1.29, 1.82) is 0 Å². The molecule has 0 saturated carbocycles. The van der Waals surface area contributed by atoms with Gasteiger partial charge in [-0.15, -0.1) is 0 Å².